The van der Waals surface area contributed by atoms with Gasteiger partial charge in [-0.15, -0.1) is 0 Å². The molecule has 0 aliphatic carbocycles. The Bertz CT molecular complexity index is 1290. The molecule has 0 aliphatic rings. The third-order valence-corrected chi connectivity index (χ3v) is 7.48. The van der Waals surface area contributed by atoms with Gasteiger partial charge in [0.25, 0.3) is 15.9 Å². The van der Waals surface area contributed by atoms with Gasteiger partial charge in [0.1, 0.15) is 12.3 Å². The molecule has 11 heteroatoms. The summed E-state index contributed by atoms with van der Waals surface area (Å²) in [5.41, 5.74) is 3.02. The van der Waals surface area contributed by atoms with Gasteiger partial charge in [-0.3, -0.25) is 9.10 Å². The van der Waals surface area contributed by atoms with E-state index in [2.05, 4.69) is 26.5 Å². The van der Waals surface area contributed by atoms with E-state index in [1.54, 1.807) is 42.5 Å². The lowest BCUT2D eigenvalue weighted by molar-refractivity contribution is -0.119. The highest BCUT2D eigenvalue weighted by Crippen LogP contribution is 2.35. The summed E-state index contributed by atoms with van der Waals surface area (Å²) in [6, 6.07) is 17.5. The minimum absolute atomic E-state index is 0.00350. The second kappa shape index (κ2) is 11.0. The zero-order valence-electron chi connectivity index (χ0n) is 17.2. The number of hydrogen-bond donors (Lipinski definition) is 1. The van der Waals surface area contributed by atoms with Crippen LogP contribution in [-0.4, -0.2) is 34.2 Å². The molecule has 172 valence electrons. The Morgan fingerprint density at radius 2 is 1.85 bits per heavy atom. The molecule has 33 heavy (non-hydrogen) atoms. The smallest absolute Gasteiger partial charge is 0.264 e. The van der Waals surface area contributed by atoms with Gasteiger partial charge < -0.3 is 4.74 Å². The largest absolute Gasteiger partial charge is 0.496 e. The van der Waals surface area contributed by atoms with E-state index in [-0.39, 0.29) is 20.6 Å². The Kier molecular flexibility index (Phi) is 8.36. The van der Waals surface area contributed by atoms with Crippen LogP contribution < -0.4 is 14.5 Å². The molecule has 1 N–H and O–H groups in total. The van der Waals surface area contributed by atoms with Crippen LogP contribution in [0.3, 0.4) is 0 Å². The lowest BCUT2D eigenvalue weighted by atomic mass is 10.2. The molecule has 3 rings (SSSR count). The molecule has 0 aromatic heterocycles. The van der Waals surface area contributed by atoms with Gasteiger partial charge in [0.05, 0.1) is 34.0 Å². The molecular formula is C22H18BrCl2N3O4S. The Morgan fingerprint density at radius 1 is 1.12 bits per heavy atom. The molecular weight excluding hydrogens is 553 g/mol. The van der Waals surface area contributed by atoms with Crippen molar-refractivity contribution < 1.29 is 17.9 Å². The zero-order valence-corrected chi connectivity index (χ0v) is 21.1. The van der Waals surface area contributed by atoms with Crippen LogP contribution in [0.5, 0.6) is 5.75 Å². The van der Waals surface area contributed by atoms with Gasteiger partial charge in [-0.05, 0) is 42.5 Å². The number of carbonyl (C=O) groups excluding carboxylic acids is 1. The number of anilines is 1. The van der Waals surface area contributed by atoms with Crippen LogP contribution in [0.15, 0.2) is 81.2 Å². The fourth-order valence-electron chi connectivity index (χ4n) is 2.85. The van der Waals surface area contributed by atoms with Gasteiger partial charge in [-0.2, -0.15) is 5.10 Å². The van der Waals surface area contributed by atoms with Crippen LogP contribution in [0.1, 0.15) is 5.56 Å². The first-order valence-corrected chi connectivity index (χ1v) is 12.4. The predicted molar refractivity (Wildman–Crippen MR) is 134 cm³/mol. The number of sulfonamides is 1. The van der Waals surface area contributed by atoms with Gasteiger partial charge in [0.15, 0.2) is 0 Å². The number of amides is 1. The van der Waals surface area contributed by atoms with E-state index >= 15 is 0 Å². The summed E-state index contributed by atoms with van der Waals surface area (Å²) in [6.07, 6.45) is 1.39. The number of benzene rings is 3. The maximum atomic E-state index is 13.3. The number of nitrogens with one attached hydrogen (secondary N) is 1. The Balaban J connectivity index is 1.89. The van der Waals surface area contributed by atoms with Crippen molar-refractivity contribution in [1.29, 1.82) is 0 Å². The molecule has 0 atom stereocenters. The first-order chi connectivity index (χ1) is 15.7. The first kappa shape index (κ1) is 25.0. The summed E-state index contributed by atoms with van der Waals surface area (Å²) >= 11 is 15.7. The Hall–Kier alpha value is -2.59. The second-order valence-electron chi connectivity index (χ2n) is 6.58. The second-order valence-corrected chi connectivity index (χ2v) is 10.1. The van der Waals surface area contributed by atoms with Crippen molar-refractivity contribution in [1.82, 2.24) is 5.43 Å². The topological polar surface area (TPSA) is 88.1 Å². The number of halogens is 3. The fraction of sp³-hybridized carbons (Fsp3) is 0.0909. The number of hydrazone groups is 1. The van der Waals surface area contributed by atoms with E-state index in [9.17, 15) is 13.2 Å². The maximum absolute atomic E-state index is 13.3. The van der Waals surface area contributed by atoms with E-state index in [1.807, 2.05) is 0 Å². The quantitative estimate of drug-likeness (QED) is 0.301. The van der Waals surface area contributed by atoms with Crippen molar-refractivity contribution in [2.75, 3.05) is 18.0 Å². The van der Waals surface area contributed by atoms with Crippen molar-refractivity contribution in [3.63, 3.8) is 0 Å². The van der Waals surface area contributed by atoms with Crippen LogP contribution in [0.25, 0.3) is 0 Å². The standard InChI is InChI=1S/C22H18BrCl2N3O4S/c1-32-20-11-10-16(23)12-15(20)13-26-27-21(29)14-28(19-9-5-8-18(24)22(19)25)33(30,31)17-6-3-2-4-7-17/h2-13H,14H2,1H3,(H,27,29)/b26-13+. The molecule has 0 radical (unpaired) electrons. The van der Waals surface area contributed by atoms with Crippen LogP contribution >= 0.6 is 39.1 Å². The molecule has 1 amide bonds. The van der Waals surface area contributed by atoms with E-state index in [4.69, 9.17) is 27.9 Å². The summed E-state index contributed by atoms with van der Waals surface area (Å²) in [6.45, 7) is -0.579. The zero-order chi connectivity index (χ0) is 24.0. The van der Waals surface area contributed by atoms with Gasteiger partial charge in [0, 0.05) is 10.0 Å². The summed E-state index contributed by atoms with van der Waals surface area (Å²) in [5.74, 6) is -0.133. The van der Waals surface area contributed by atoms with Gasteiger partial charge in [-0.1, -0.05) is 63.4 Å². The molecule has 0 saturated carbocycles. The average Bonchev–Trinajstić information content (AvgIpc) is 2.80. The third kappa shape index (κ3) is 6.05. The molecule has 0 aliphatic heterocycles. The van der Waals surface area contributed by atoms with Crippen LogP contribution in [0, 0.1) is 0 Å². The third-order valence-electron chi connectivity index (χ3n) is 4.40. The summed E-state index contributed by atoms with van der Waals surface area (Å²) in [5, 5.41) is 4.09. The maximum Gasteiger partial charge on any atom is 0.264 e. The molecule has 3 aromatic rings. The first-order valence-electron chi connectivity index (χ1n) is 9.41. The van der Waals surface area contributed by atoms with Crippen LogP contribution in [0.4, 0.5) is 5.69 Å². The van der Waals surface area contributed by atoms with E-state index in [1.165, 1.54) is 37.6 Å². The van der Waals surface area contributed by atoms with Crippen LogP contribution in [0.2, 0.25) is 10.0 Å². The molecule has 0 spiro atoms. The number of rotatable bonds is 8. The Morgan fingerprint density at radius 3 is 2.55 bits per heavy atom. The van der Waals surface area contributed by atoms with Crippen molar-refractivity contribution in [2.45, 2.75) is 4.90 Å². The highest BCUT2D eigenvalue weighted by Gasteiger charge is 2.29. The number of methoxy groups -OCH3 is 1. The lowest BCUT2D eigenvalue weighted by Gasteiger charge is -2.24. The van der Waals surface area contributed by atoms with Gasteiger partial charge in [-0.25, -0.2) is 13.8 Å². The summed E-state index contributed by atoms with van der Waals surface area (Å²) in [7, 11) is -2.62. The number of carbonyl (C=O) groups is 1. The molecule has 0 saturated heterocycles. The molecule has 0 fully saturated rings. The summed E-state index contributed by atoms with van der Waals surface area (Å²) in [4.78, 5) is 12.7. The highest BCUT2D eigenvalue weighted by molar-refractivity contribution is 9.10. The predicted octanol–water partition coefficient (Wildman–Crippen LogP) is 5.11. The molecule has 3 aromatic carbocycles. The van der Waals surface area contributed by atoms with Crippen molar-refractivity contribution in [2.24, 2.45) is 5.10 Å². The highest BCUT2D eigenvalue weighted by atomic mass is 79.9. The molecule has 0 unspecified atom stereocenters. The normalized spacial score (nSPS) is 11.4. The van der Waals surface area contributed by atoms with E-state index < -0.39 is 22.5 Å². The molecule has 0 heterocycles. The van der Waals surface area contributed by atoms with Gasteiger partial charge in [0.2, 0.25) is 0 Å². The van der Waals surface area contributed by atoms with Crippen molar-refractivity contribution in [3.8, 4) is 5.75 Å². The van der Waals surface area contributed by atoms with Crippen LogP contribution in [-0.2, 0) is 14.8 Å². The monoisotopic (exact) mass is 569 g/mol. The van der Waals surface area contributed by atoms with Crippen molar-refractivity contribution >= 4 is 67.0 Å². The molecule has 7 nitrogen and oxygen atoms in total. The summed E-state index contributed by atoms with van der Waals surface area (Å²) < 4.78 is 33.6. The fourth-order valence-corrected chi connectivity index (χ4v) is 5.13. The van der Waals surface area contributed by atoms with E-state index in [0.29, 0.717) is 11.3 Å². The SMILES string of the molecule is COc1ccc(Br)cc1/C=N/NC(=O)CN(c1cccc(Cl)c1Cl)S(=O)(=O)c1ccccc1. The van der Waals surface area contributed by atoms with Crippen molar-refractivity contribution in [3.05, 3.63) is 86.8 Å². The number of ether oxygens (including phenoxy) is 1. The molecule has 0 bridgehead atoms. The number of nitrogens with zero attached hydrogens (tertiary/aromatic N) is 2. The van der Waals surface area contributed by atoms with Gasteiger partial charge >= 0.3 is 0 Å². The lowest BCUT2D eigenvalue weighted by Crippen LogP contribution is -2.39. The van der Waals surface area contributed by atoms with E-state index in [0.717, 1.165) is 8.78 Å². The average molecular weight is 571 g/mol. The Labute approximate surface area is 210 Å². The minimum Gasteiger partial charge on any atom is -0.496 e. The number of hydrogen-bond acceptors (Lipinski definition) is 5. The minimum atomic E-state index is -4.13.